The highest BCUT2D eigenvalue weighted by molar-refractivity contribution is 7.14. The highest BCUT2D eigenvalue weighted by Gasteiger charge is 2.18. The molecular weight excluding hydrogens is 280 g/mol. The van der Waals surface area contributed by atoms with Gasteiger partial charge in [-0.3, -0.25) is 0 Å². The average Bonchev–Trinajstić information content (AvgIpc) is 3.05. The Labute approximate surface area is 120 Å². The molecule has 0 atom stereocenters. The minimum Gasteiger partial charge on any atom is -0.464 e. The second-order valence-corrected chi connectivity index (χ2v) is 6.18. The van der Waals surface area contributed by atoms with E-state index in [4.69, 9.17) is 0 Å². The maximum atomic E-state index is 11.4. The maximum absolute atomic E-state index is 11.4. The van der Waals surface area contributed by atoms with Crippen molar-refractivity contribution >= 4 is 33.8 Å². The Morgan fingerprint density at radius 3 is 2.84 bits per heavy atom. The number of nitrogens with zero attached hydrogens (tertiary/aromatic N) is 2. The molecule has 0 N–H and O–H groups in total. The van der Waals surface area contributed by atoms with Crippen LogP contribution >= 0.6 is 22.7 Å². The Bertz CT molecular complexity index is 535. The molecule has 0 bridgehead atoms. The van der Waals surface area contributed by atoms with Gasteiger partial charge >= 0.3 is 5.97 Å². The first-order valence-electron chi connectivity index (χ1n) is 5.94. The number of anilines is 1. The van der Waals surface area contributed by atoms with E-state index in [1.807, 2.05) is 6.07 Å². The van der Waals surface area contributed by atoms with Crippen LogP contribution in [0.15, 0.2) is 22.9 Å². The van der Waals surface area contributed by atoms with Crippen LogP contribution in [0.5, 0.6) is 0 Å². The van der Waals surface area contributed by atoms with Crippen LogP contribution in [0.3, 0.4) is 0 Å². The molecule has 0 aromatic carbocycles. The molecule has 0 unspecified atom stereocenters. The Balaban J connectivity index is 2.19. The summed E-state index contributed by atoms with van der Waals surface area (Å²) in [5.41, 5.74) is 0.374. The van der Waals surface area contributed by atoms with E-state index in [1.165, 1.54) is 23.3 Å². The maximum Gasteiger partial charge on any atom is 0.357 e. The third kappa shape index (κ3) is 3.33. The van der Waals surface area contributed by atoms with Crippen molar-refractivity contribution in [1.82, 2.24) is 4.98 Å². The summed E-state index contributed by atoms with van der Waals surface area (Å²) in [5, 5.41) is 4.66. The van der Waals surface area contributed by atoms with Gasteiger partial charge in [0.25, 0.3) is 0 Å². The molecule has 0 saturated heterocycles. The molecule has 0 spiro atoms. The number of rotatable bonds is 5. The van der Waals surface area contributed by atoms with Crippen LogP contribution in [0, 0.1) is 0 Å². The Morgan fingerprint density at radius 1 is 1.47 bits per heavy atom. The van der Waals surface area contributed by atoms with Gasteiger partial charge in [-0.05, 0) is 25.3 Å². The van der Waals surface area contributed by atoms with Gasteiger partial charge in [-0.25, -0.2) is 9.78 Å². The molecule has 0 radical (unpaired) electrons. The molecule has 0 aliphatic rings. The molecular formula is C13H16N2O2S2. The fourth-order valence-electron chi connectivity index (χ4n) is 1.64. The second-order valence-electron chi connectivity index (χ2n) is 4.31. The van der Waals surface area contributed by atoms with Crippen LogP contribution in [-0.2, 0) is 11.3 Å². The Morgan fingerprint density at radius 2 is 2.26 bits per heavy atom. The standard InChI is InChI=1S/C13H16N2O2S2/c1-9(2)15(7-10-5-4-6-18-10)13-14-11(8-19-13)12(16)17-3/h4-6,8-9H,7H2,1-3H3. The molecule has 102 valence electrons. The average molecular weight is 296 g/mol. The third-order valence-electron chi connectivity index (χ3n) is 2.66. The molecule has 0 aliphatic heterocycles. The van der Waals surface area contributed by atoms with Crippen LogP contribution in [0.2, 0.25) is 0 Å². The predicted molar refractivity (Wildman–Crippen MR) is 79.1 cm³/mol. The molecule has 0 amide bonds. The van der Waals surface area contributed by atoms with Gasteiger partial charge in [0.15, 0.2) is 10.8 Å². The summed E-state index contributed by atoms with van der Waals surface area (Å²) in [5.74, 6) is -0.387. The minimum absolute atomic E-state index is 0.318. The van der Waals surface area contributed by atoms with E-state index in [2.05, 4.69) is 39.9 Å². The Kier molecular flexibility index (Phi) is 4.55. The minimum atomic E-state index is -0.387. The van der Waals surface area contributed by atoms with E-state index in [-0.39, 0.29) is 5.97 Å². The van der Waals surface area contributed by atoms with Gasteiger partial charge in [-0.15, -0.1) is 22.7 Å². The van der Waals surface area contributed by atoms with Crippen molar-refractivity contribution in [2.75, 3.05) is 12.0 Å². The summed E-state index contributed by atoms with van der Waals surface area (Å²) >= 11 is 3.19. The van der Waals surface area contributed by atoms with E-state index in [9.17, 15) is 4.79 Å². The third-order valence-corrected chi connectivity index (χ3v) is 4.40. The molecule has 4 nitrogen and oxygen atoms in total. The summed E-state index contributed by atoms with van der Waals surface area (Å²) in [7, 11) is 1.37. The van der Waals surface area contributed by atoms with Crippen LogP contribution < -0.4 is 4.90 Å². The quantitative estimate of drug-likeness (QED) is 0.793. The lowest BCUT2D eigenvalue weighted by Crippen LogP contribution is -2.29. The molecule has 19 heavy (non-hydrogen) atoms. The van der Waals surface area contributed by atoms with E-state index in [1.54, 1.807) is 16.7 Å². The first-order chi connectivity index (χ1) is 9.11. The van der Waals surface area contributed by atoms with Crippen LogP contribution in [0.25, 0.3) is 0 Å². The number of hydrogen-bond donors (Lipinski definition) is 0. The van der Waals surface area contributed by atoms with Gasteiger partial charge < -0.3 is 9.64 Å². The van der Waals surface area contributed by atoms with E-state index >= 15 is 0 Å². The molecule has 0 saturated carbocycles. The van der Waals surface area contributed by atoms with E-state index < -0.39 is 0 Å². The zero-order valence-electron chi connectivity index (χ0n) is 11.1. The van der Waals surface area contributed by atoms with E-state index in [0.29, 0.717) is 11.7 Å². The summed E-state index contributed by atoms with van der Waals surface area (Å²) in [4.78, 5) is 19.3. The van der Waals surface area contributed by atoms with Crippen molar-refractivity contribution in [3.05, 3.63) is 33.5 Å². The lowest BCUT2D eigenvalue weighted by atomic mass is 10.3. The smallest absolute Gasteiger partial charge is 0.357 e. The monoisotopic (exact) mass is 296 g/mol. The fourth-order valence-corrected chi connectivity index (χ4v) is 3.27. The van der Waals surface area contributed by atoms with Crippen molar-refractivity contribution < 1.29 is 9.53 Å². The van der Waals surface area contributed by atoms with Gasteiger partial charge in [-0.2, -0.15) is 0 Å². The van der Waals surface area contributed by atoms with Gasteiger partial charge in [0, 0.05) is 16.3 Å². The highest BCUT2D eigenvalue weighted by atomic mass is 32.1. The first-order valence-corrected chi connectivity index (χ1v) is 7.70. The first kappa shape index (κ1) is 14.0. The molecule has 2 rings (SSSR count). The lowest BCUT2D eigenvalue weighted by molar-refractivity contribution is 0.0595. The van der Waals surface area contributed by atoms with Crippen molar-refractivity contribution in [2.24, 2.45) is 0 Å². The summed E-state index contributed by atoms with van der Waals surface area (Å²) in [6, 6.07) is 4.47. The number of esters is 1. The molecule has 2 aromatic heterocycles. The number of hydrogen-bond acceptors (Lipinski definition) is 6. The number of ether oxygens (including phenoxy) is 1. The molecule has 2 heterocycles. The van der Waals surface area contributed by atoms with Gasteiger partial charge in [0.1, 0.15) is 0 Å². The summed E-state index contributed by atoms with van der Waals surface area (Å²) in [6.07, 6.45) is 0. The van der Waals surface area contributed by atoms with Gasteiger partial charge in [0.2, 0.25) is 0 Å². The van der Waals surface area contributed by atoms with Gasteiger partial charge in [0.05, 0.1) is 13.7 Å². The van der Waals surface area contributed by atoms with Crippen molar-refractivity contribution in [3.8, 4) is 0 Å². The SMILES string of the molecule is COC(=O)c1csc(N(Cc2cccs2)C(C)C)n1. The van der Waals surface area contributed by atoms with Crippen LogP contribution in [0.4, 0.5) is 5.13 Å². The molecule has 6 heteroatoms. The zero-order valence-corrected chi connectivity index (χ0v) is 12.8. The molecule has 2 aromatic rings. The topological polar surface area (TPSA) is 42.4 Å². The summed E-state index contributed by atoms with van der Waals surface area (Å²) in [6.45, 7) is 5.04. The predicted octanol–water partition coefficient (Wildman–Crippen LogP) is 3.41. The lowest BCUT2D eigenvalue weighted by Gasteiger charge is -2.25. The number of carbonyl (C=O) groups is 1. The molecule has 0 aliphatic carbocycles. The van der Waals surface area contributed by atoms with Crippen molar-refractivity contribution in [3.63, 3.8) is 0 Å². The second kappa shape index (κ2) is 6.16. The van der Waals surface area contributed by atoms with E-state index in [0.717, 1.165) is 11.7 Å². The molecule has 0 fully saturated rings. The number of thiazole rings is 1. The van der Waals surface area contributed by atoms with Crippen LogP contribution in [-0.4, -0.2) is 24.1 Å². The van der Waals surface area contributed by atoms with Crippen molar-refractivity contribution in [1.29, 1.82) is 0 Å². The number of carbonyl (C=O) groups excluding carboxylic acids is 1. The Hall–Kier alpha value is -1.40. The number of aromatic nitrogens is 1. The number of methoxy groups -OCH3 is 1. The fraction of sp³-hybridized carbons (Fsp3) is 0.385. The highest BCUT2D eigenvalue weighted by Crippen LogP contribution is 2.26. The van der Waals surface area contributed by atoms with Gasteiger partial charge in [-0.1, -0.05) is 6.07 Å². The normalized spacial score (nSPS) is 10.7. The summed E-state index contributed by atoms with van der Waals surface area (Å²) < 4.78 is 4.68. The number of thiophene rings is 1. The zero-order chi connectivity index (χ0) is 13.8. The van der Waals surface area contributed by atoms with Crippen molar-refractivity contribution in [2.45, 2.75) is 26.4 Å². The van der Waals surface area contributed by atoms with Crippen LogP contribution in [0.1, 0.15) is 29.2 Å². The largest absolute Gasteiger partial charge is 0.464 e.